The summed E-state index contributed by atoms with van der Waals surface area (Å²) >= 11 is 0. The molecule has 0 aliphatic rings. The number of hydrogen-bond acceptors (Lipinski definition) is 8. The molecule has 11 nitrogen and oxygen atoms in total. The van der Waals surface area contributed by atoms with E-state index >= 15 is 0 Å². The first-order valence-electron chi connectivity index (χ1n) is 7.06. The molecule has 13 heteroatoms. The standard InChI is InChI=1S/C14H14N4O7S2/c1-8(19)16-11-6-9(15)14(27(23,24)25)7-12(11)18-17-10-4-2-3-5-13(10)26(20,21)22/h2-7H,15H2,1H3,(H,16,19)(H,20,21,22)(H,23,24,25). The van der Waals surface area contributed by atoms with Crippen LogP contribution in [0.25, 0.3) is 0 Å². The van der Waals surface area contributed by atoms with E-state index in [1.54, 1.807) is 0 Å². The van der Waals surface area contributed by atoms with Crippen LogP contribution < -0.4 is 11.1 Å². The maximum atomic E-state index is 11.4. The molecular formula is C14H14N4O7S2. The summed E-state index contributed by atoms with van der Waals surface area (Å²) in [4.78, 5) is 10.1. The SMILES string of the molecule is CC(=O)Nc1cc(N)c(S(=O)(=O)O)cc1N=Nc1ccccc1S(=O)(=O)O. The Hall–Kier alpha value is -2.87. The van der Waals surface area contributed by atoms with Crippen molar-refractivity contribution in [2.45, 2.75) is 16.7 Å². The first-order valence-corrected chi connectivity index (χ1v) is 9.94. The molecule has 2 aromatic rings. The number of azo groups is 1. The van der Waals surface area contributed by atoms with Crippen LogP contribution in [0.1, 0.15) is 6.92 Å². The lowest BCUT2D eigenvalue weighted by Gasteiger charge is -2.10. The lowest BCUT2D eigenvalue weighted by atomic mass is 10.2. The van der Waals surface area contributed by atoms with Gasteiger partial charge in [0, 0.05) is 6.92 Å². The Morgan fingerprint density at radius 1 is 0.963 bits per heavy atom. The van der Waals surface area contributed by atoms with Crippen molar-refractivity contribution in [1.29, 1.82) is 0 Å². The van der Waals surface area contributed by atoms with Crippen molar-refractivity contribution < 1.29 is 30.7 Å². The highest BCUT2D eigenvalue weighted by Gasteiger charge is 2.19. The number of rotatable bonds is 5. The Kier molecular flexibility index (Phi) is 5.60. The lowest BCUT2D eigenvalue weighted by Crippen LogP contribution is -2.08. The summed E-state index contributed by atoms with van der Waals surface area (Å²) in [5.74, 6) is -0.524. The molecule has 1 amide bonds. The molecule has 0 unspecified atom stereocenters. The zero-order chi connectivity index (χ0) is 20.4. The van der Waals surface area contributed by atoms with Crippen LogP contribution in [0, 0.1) is 0 Å². The highest BCUT2D eigenvalue weighted by atomic mass is 32.2. The van der Waals surface area contributed by atoms with Crippen molar-refractivity contribution in [3.05, 3.63) is 36.4 Å². The number of nitrogens with zero attached hydrogens (tertiary/aromatic N) is 2. The number of anilines is 2. The number of amides is 1. The van der Waals surface area contributed by atoms with Gasteiger partial charge in [0.15, 0.2) is 0 Å². The third-order valence-corrected chi connectivity index (χ3v) is 4.94. The van der Waals surface area contributed by atoms with E-state index in [4.69, 9.17) is 5.73 Å². The molecule has 5 N–H and O–H groups in total. The Labute approximate surface area is 154 Å². The minimum atomic E-state index is -4.69. The fourth-order valence-corrected chi connectivity index (χ4v) is 3.29. The van der Waals surface area contributed by atoms with Crippen molar-refractivity contribution in [2.75, 3.05) is 11.1 Å². The van der Waals surface area contributed by atoms with Gasteiger partial charge in [-0.15, -0.1) is 10.2 Å². The lowest BCUT2D eigenvalue weighted by molar-refractivity contribution is -0.114. The molecule has 0 atom stereocenters. The van der Waals surface area contributed by atoms with Gasteiger partial charge in [0.05, 0.1) is 11.4 Å². The zero-order valence-electron chi connectivity index (χ0n) is 13.7. The molecular weight excluding hydrogens is 400 g/mol. The van der Waals surface area contributed by atoms with Gasteiger partial charge in [0.1, 0.15) is 21.2 Å². The number of nitrogens with one attached hydrogen (secondary N) is 1. The molecule has 0 radical (unpaired) electrons. The average Bonchev–Trinajstić information content (AvgIpc) is 2.51. The Morgan fingerprint density at radius 2 is 1.52 bits per heavy atom. The van der Waals surface area contributed by atoms with Gasteiger partial charge in [-0.2, -0.15) is 16.8 Å². The van der Waals surface area contributed by atoms with Crippen LogP contribution in [0.2, 0.25) is 0 Å². The molecule has 144 valence electrons. The summed E-state index contributed by atoms with van der Waals surface area (Å²) in [5, 5.41) is 9.76. The second-order valence-electron chi connectivity index (χ2n) is 5.21. The normalized spacial score (nSPS) is 12.3. The molecule has 0 heterocycles. The smallest absolute Gasteiger partial charge is 0.296 e. The largest absolute Gasteiger partial charge is 0.398 e. The second-order valence-corrected chi connectivity index (χ2v) is 7.99. The second kappa shape index (κ2) is 7.40. The summed E-state index contributed by atoms with van der Waals surface area (Å²) in [6.07, 6.45) is 0. The topological polar surface area (TPSA) is 189 Å². The molecule has 27 heavy (non-hydrogen) atoms. The first kappa shape index (κ1) is 20.4. The van der Waals surface area contributed by atoms with Gasteiger partial charge in [0.25, 0.3) is 20.2 Å². The minimum absolute atomic E-state index is 0.0273. The van der Waals surface area contributed by atoms with Gasteiger partial charge in [-0.3, -0.25) is 13.9 Å². The summed E-state index contributed by atoms with van der Waals surface area (Å²) < 4.78 is 64.0. The number of carbonyl (C=O) groups is 1. The van der Waals surface area contributed by atoms with Gasteiger partial charge < -0.3 is 11.1 Å². The number of carbonyl (C=O) groups excluding carboxylic acids is 1. The van der Waals surface area contributed by atoms with E-state index in [1.807, 2.05) is 0 Å². The predicted octanol–water partition coefficient (Wildman–Crippen LogP) is 2.14. The molecule has 0 spiro atoms. The number of nitrogens with two attached hydrogens (primary N) is 1. The minimum Gasteiger partial charge on any atom is -0.398 e. The Balaban J connectivity index is 2.64. The molecule has 0 aromatic heterocycles. The molecule has 0 aliphatic carbocycles. The van der Waals surface area contributed by atoms with Crippen molar-refractivity contribution in [2.24, 2.45) is 10.2 Å². The van der Waals surface area contributed by atoms with E-state index < -0.39 is 35.9 Å². The monoisotopic (exact) mass is 414 g/mol. The van der Waals surface area contributed by atoms with Crippen molar-refractivity contribution >= 4 is 48.9 Å². The highest BCUT2D eigenvalue weighted by molar-refractivity contribution is 7.86. The van der Waals surface area contributed by atoms with E-state index in [9.17, 15) is 30.7 Å². The van der Waals surface area contributed by atoms with Crippen LogP contribution >= 0.6 is 0 Å². The van der Waals surface area contributed by atoms with Crippen molar-refractivity contribution in [3.8, 4) is 0 Å². The predicted molar refractivity (Wildman–Crippen MR) is 95.4 cm³/mol. The average molecular weight is 414 g/mol. The first-order chi connectivity index (χ1) is 12.4. The third kappa shape index (κ3) is 5.07. The number of hydrogen-bond donors (Lipinski definition) is 4. The summed E-state index contributed by atoms with van der Waals surface area (Å²) in [5.41, 5.74) is 4.73. The molecule has 2 aromatic carbocycles. The van der Waals surface area contributed by atoms with Crippen LogP contribution in [-0.4, -0.2) is 31.8 Å². The molecule has 0 saturated heterocycles. The van der Waals surface area contributed by atoms with Gasteiger partial charge in [-0.1, -0.05) is 12.1 Å². The van der Waals surface area contributed by atoms with Gasteiger partial charge in [-0.25, -0.2) is 0 Å². The Bertz CT molecular complexity index is 1140. The van der Waals surface area contributed by atoms with Crippen LogP contribution in [-0.2, 0) is 25.0 Å². The van der Waals surface area contributed by atoms with E-state index in [0.29, 0.717) is 0 Å². The van der Waals surface area contributed by atoms with Crippen molar-refractivity contribution in [3.63, 3.8) is 0 Å². The summed E-state index contributed by atoms with van der Waals surface area (Å²) in [6.45, 7) is 1.18. The molecule has 0 fully saturated rings. The van der Waals surface area contributed by atoms with Gasteiger partial charge in [-0.05, 0) is 24.3 Å². The van der Waals surface area contributed by atoms with E-state index in [2.05, 4.69) is 15.5 Å². The van der Waals surface area contributed by atoms with Crippen LogP contribution in [0.4, 0.5) is 22.7 Å². The van der Waals surface area contributed by atoms with Crippen LogP contribution in [0.5, 0.6) is 0 Å². The number of benzene rings is 2. The van der Waals surface area contributed by atoms with Crippen LogP contribution in [0.3, 0.4) is 0 Å². The fraction of sp³-hybridized carbons (Fsp3) is 0.0714. The van der Waals surface area contributed by atoms with E-state index in [0.717, 1.165) is 18.2 Å². The molecule has 2 rings (SSSR count). The van der Waals surface area contributed by atoms with Crippen LogP contribution in [0.15, 0.2) is 56.4 Å². The van der Waals surface area contributed by atoms with E-state index in [1.165, 1.54) is 25.1 Å². The quantitative estimate of drug-likeness (QED) is 0.325. The van der Waals surface area contributed by atoms with Gasteiger partial charge >= 0.3 is 0 Å². The van der Waals surface area contributed by atoms with Gasteiger partial charge in [0.2, 0.25) is 5.91 Å². The molecule has 0 saturated carbocycles. The fourth-order valence-electron chi connectivity index (χ4n) is 2.05. The maximum absolute atomic E-state index is 11.4. The highest BCUT2D eigenvalue weighted by Crippen LogP contribution is 2.35. The van der Waals surface area contributed by atoms with E-state index in [-0.39, 0.29) is 22.7 Å². The molecule has 0 aliphatic heterocycles. The third-order valence-electron chi connectivity index (χ3n) is 3.13. The number of nitrogen functional groups attached to an aromatic ring is 1. The Morgan fingerprint density at radius 3 is 2.07 bits per heavy atom. The maximum Gasteiger partial charge on any atom is 0.296 e. The zero-order valence-corrected chi connectivity index (χ0v) is 15.3. The summed E-state index contributed by atoms with van der Waals surface area (Å²) in [7, 11) is -9.28. The molecule has 0 bridgehead atoms. The summed E-state index contributed by atoms with van der Waals surface area (Å²) in [6, 6.07) is 7.02. The van der Waals surface area contributed by atoms with Crippen molar-refractivity contribution in [1.82, 2.24) is 0 Å².